The van der Waals surface area contributed by atoms with Crippen LogP contribution in [-0.2, 0) is 20.9 Å². The Bertz CT molecular complexity index is 633. The first-order chi connectivity index (χ1) is 12.0. The van der Waals surface area contributed by atoms with Crippen LogP contribution >= 0.6 is 0 Å². The van der Waals surface area contributed by atoms with E-state index in [1.54, 1.807) is 11.8 Å². The Hall–Kier alpha value is -2.81. The summed E-state index contributed by atoms with van der Waals surface area (Å²) in [5.41, 5.74) is 1.01. The highest BCUT2D eigenvalue weighted by Crippen LogP contribution is 2.12. The van der Waals surface area contributed by atoms with Crippen LogP contribution in [0, 0.1) is 11.3 Å². The van der Waals surface area contributed by atoms with E-state index in [2.05, 4.69) is 5.32 Å². The lowest BCUT2D eigenvalue weighted by atomic mass is 10.1. The van der Waals surface area contributed by atoms with Crippen LogP contribution in [0.2, 0.25) is 0 Å². The third kappa shape index (κ3) is 7.08. The van der Waals surface area contributed by atoms with E-state index in [-0.39, 0.29) is 29.9 Å². The summed E-state index contributed by atoms with van der Waals surface area (Å²) in [5, 5.41) is 12.1. The van der Waals surface area contributed by atoms with E-state index in [9.17, 15) is 14.9 Å². The van der Waals surface area contributed by atoms with Crippen molar-refractivity contribution in [1.29, 1.82) is 5.26 Å². The predicted octanol–water partition coefficient (Wildman–Crippen LogP) is 2.37. The molecular weight excluding hydrogens is 318 g/mol. The second-order valence-electron chi connectivity index (χ2n) is 5.69. The molecule has 0 heterocycles. The predicted molar refractivity (Wildman–Crippen MR) is 95.1 cm³/mol. The quantitative estimate of drug-likeness (QED) is 0.322. The lowest BCUT2D eigenvalue weighted by Gasteiger charge is -2.26. The van der Waals surface area contributed by atoms with Gasteiger partial charge in [-0.3, -0.25) is 9.59 Å². The third-order valence-corrected chi connectivity index (χ3v) is 3.46. The number of carbonyl (C=O) groups excluding carboxylic acids is 2. The number of rotatable bonds is 9. The van der Waals surface area contributed by atoms with Gasteiger partial charge in [0.05, 0.1) is 13.0 Å². The molecule has 1 aromatic rings. The Morgan fingerprint density at radius 3 is 2.56 bits per heavy atom. The molecule has 0 aliphatic carbocycles. The molecule has 0 atom stereocenters. The molecule has 6 nitrogen and oxygen atoms in total. The van der Waals surface area contributed by atoms with Gasteiger partial charge in [-0.15, -0.1) is 0 Å². The van der Waals surface area contributed by atoms with Gasteiger partial charge in [-0.2, -0.15) is 5.26 Å². The van der Waals surface area contributed by atoms with Crippen LogP contribution in [0.4, 0.5) is 0 Å². The lowest BCUT2D eigenvalue weighted by Crippen LogP contribution is -2.37. The molecule has 134 valence electrons. The molecular formula is C19H25N3O3. The van der Waals surface area contributed by atoms with Gasteiger partial charge in [-0.05, 0) is 26.3 Å². The number of hydrogen-bond acceptors (Lipinski definition) is 5. The van der Waals surface area contributed by atoms with Gasteiger partial charge in [0, 0.05) is 25.3 Å². The third-order valence-electron chi connectivity index (χ3n) is 3.46. The lowest BCUT2D eigenvalue weighted by molar-refractivity contribution is -0.142. The Morgan fingerprint density at radius 2 is 2.00 bits per heavy atom. The molecule has 0 spiro atoms. The zero-order valence-corrected chi connectivity index (χ0v) is 15.0. The fraction of sp³-hybridized carbons (Fsp3) is 0.421. The number of nitriles is 1. The second-order valence-corrected chi connectivity index (χ2v) is 5.69. The molecule has 0 aromatic heterocycles. The van der Waals surface area contributed by atoms with Crippen molar-refractivity contribution < 1.29 is 14.3 Å². The summed E-state index contributed by atoms with van der Waals surface area (Å²) in [5.74, 6) is -0.661. The van der Waals surface area contributed by atoms with Crippen molar-refractivity contribution in [3.8, 4) is 6.07 Å². The van der Waals surface area contributed by atoms with Crippen molar-refractivity contribution in [1.82, 2.24) is 10.2 Å². The molecule has 1 amide bonds. The molecule has 25 heavy (non-hydrogen) atoms. The van der Waals surface area contributed by atoms with E-state index in [0.717, 1.165) is 5.56 Å². The normalized spacial score (nSPS) is 10.9. The number of hydrogen-bond donors (Lipinski definition) is 1. The van der Waals surface area contributed by atoms with Crippen molar-refractivity contribution in [3.63, 3.8) is 0 Å². The minimum absolute atomic E-state index is 0.00786. The van der Waals surface area contributed by atoms with Crippen molar-refractivity contribution >= 4 is 11.9 Å². The molecule has 1 aromatic carbocycles. The SMILES string of the molecule is CCOC(=O)CCN/C=C(/C#N)C(=O)N(Cc1ccccc1)C(C)C. The van der Waals surface area contributed by atoms with E-state index >= 15 is 0 Å². The van der Waals surface area contributed by atoms with Gasteiger partial charge in [-0.25, -0.2) is 0 Å². The van der Waals surface area contributed by atoms with Gasteiger partial charge < -0.3 is 15.0 Å². The van der Waals surface area contributed by atoms with Crippen molar-refractivity contribution in [2.45, 2.75) is 39.8 Å². The van der Waals surface area contributed by atoms with E-state index in [1.807, 2.05) is 50.2 Å². The number of amides is 1. The van der Waals surface area contributed by atoms with Crippen LogP contribution in [0.1, 0.15) is 32.8 Å². The minimum atomic E-state index is -0.343. The maximum atomic E-state index is 12.7. The van der Waals surface area contributed by atoms with Crippen LogP contribution in [0.3, 0.4) is 0 Å². The van der Waals surface area contributed by atoms with E-state index in [1.165, 1.54) is 6.20 Å². The van der Waals surface area contributed by atoms with E-state index in [0.29, 0.717) is 19.7 Å². The van der Waals surface area contributed by atoms with E-state index < -0.39 is 0 Å². The molecule has 0 saturated carbocycles. The molecule has 0 saturated heterocycles. The fourth-order valence-electron chi connectivity index (χ4n) is 2.15. The number of esters is 1. The van der Waals surface area contributed by atoms with Gasteiger partial charge in [0.25, 0.3) is 5.91 Å². The molecule has 0 unspecified atom stereocenters. The molecule has 0 aliphatic rings. The topological polar surface area (TPSA) is 82.4 Å². The van der Waals surface area contributed by atoms with Crippen LogP contribution in [0.5, 0.6) is 0 Å². The fourth-order valence-corrected chi connectivity index (χ4v) is 2.15. The molecule has 0 fully saturated rings. The minimum Gasteiger partial charge on any atom is -0.466 e. The highest BCUT2D eigenvalue weighted by atomic mass is 16.5. The zero-order chi connectivity index (χ0) is 18.7. The molecule has 0 radical (unpaired) electrons. The Kier molecular flexibility index (Phi) is 8.80. The monoisotopic (exact) mass is 343 g/mol. The number of benzene rings is 1. The standard InChI is InChI=1S/C19H25N3O3/c1-4-25-18(23)10-11-21-13-17(12-20)19(24)22(15(2)3)14-16-8-6-5-7-9-16/h5-9,13,15,21H,4,10-11,14H2,1-3H3/b17-13-. The summed E-state index contributed by atoms with van der Waals surface area (Å²) in [6, 6.07) is 11.5. The summed E-state index contributed by atoms with van der Waals surface area (Å²) in [6.07, 6.45) is 1.54. The summed E-state index contributed by atoms with van der Waals surface area (Å²) in [6.45, 7) is 6.62. The van der Waals surface area contributed by atoms with Gasteiger partial charge >= 0.3 is 5.97 Å². The highest BCUT2D eigenvalue weighted by Gasteiger charge is 2.21. The van der Waals surface area contributed by atoms with Crippen LogP contribution in [0.15, 0.2) is 42.1 Å². The van der Waals surface area contributed by atoms with Gasteiger partial charge in [-0.1, -0.05) is 30.3 Å². The number of ether oxygens (including phenoxy) is 1. The maximum absolute atomic E-state index is 12.7. The Balaban J connectivity index is 2.71. The summed E-state index contributed by atoms with van der Waals surface area (Å²) in [7, 11) is 0. The molecule has 0 aliphatic heterocycles. The zero-order valence-electron chi connectivity index (χ0n) is 15.0. The average molecular weight is 343 g/mol. The van der Waals surface area contributed by atoms with Crippen LogP contribution < -0.4 is 5.32 Å². The first-order valence-corrected chi connectivity index (χ1v) is 8.33. The van der Waals surface area contributed by atoms with Gasteiger partial charge in [0.15, 0.2) is 0 Å². The van der Waals surface area contributed by atoms with Crippen molar-refractivity contribution in [3.05, 3.63) is 47.7 Å². The van der Waals surface area contributed by atoms with Crippen LogP contribution in [-0.4, -0.2) is 36.0 Å². The number of nitrogens with zero attached hydrogens (tertiary/aromatic N) is 2. The average Bonchev–Trinajstić information content (AvgIpc) is 2.60. The number of nitrogens with one attached hydrogen (secondary N) is 1. The molecule has 1 rings (SSSR count). The largest absolute Gasteiger partial charge is 0.466 e. The molecule has 1 N–H and O–H groups in total. The summed E-state index contributed by atoms with van der Waals surface area (Å²) >= 11 is 0. The van der Waals surface area contributed by atoms with Crippen molar-refractivity contribution in [2.24, 2.45) is 0 Å². The van der Waals surface area contributed by atoms with Crippen molar-refractivity contribution in [2.75, 3.05) is 13.2 Å². The smallest absolute Gasteiger partial charge is 0.307 e. The summed E-state index contributed by atoms with van der Waals surface area (Å²) in [4.78, 5) is 25.6. The maximum Gasteiger partial charge on any atom is 0.307 e. The van der Waals surface area contributed by atoms with Crippen LogP contribution in [0.25, 0.3) is 0 Å². The Morgan fingerprint density at radius 1 is 1.32 bits per heavy atom. The Labute approximate surface area is 149 Å². The molecule has 0 bridgehead atoms. The first-order valence-electron chi connectivity index (χ1n) is 8.33. The van der Waals surface area contributed by atoms with Gasteiger partial charge in [0.2, 0.25) is 0 Å². The van der Waals surface area contributed by atoms with E-state index in [4.69, 9.17) is 4.74 Å². The molecule has 6 heteroatoms. The second kappa shape index (κ2) is 10.9. The highest BCUT2D eigenvalue weighted by molar-refractivity contribution is 5.97. The van der Waals surface area contributed by atoms with Gasteiger partial charge in [0.1, 0.15) is 11.6 Å². The number of carbonyl (C=O) groups is 2. The first kappa shape index (κ1) is 20.2. The summed E-state index contributed by atoms with van der Waals surface area (Å²) < 4.78 is 4.82.